The Labute approximate surface area is 579 Å². The molecule has 3 heterocycles. The fraction of sp³-hybridized carbons (Fsp3) is 0.312. The molecule has 6 atom stereocenters. The third-order valence-electron chi connectivity index (χ3n) is 17.3. The quantitative estimate of drug-likeness (QED) is 0.0347. The zero-order chi connectivity index (χ0) is 67.1. The van der Waals surface area contributed by atoms with Crippen LogP contribution in [0.25, 0.3) is 32.3 Å². The summed E-state index contributed by atoms with van der Waals surface area (Å²) < 4.78 is 25.5. The molecule has 12 rings (SSSR count). The minimum atomic E-state index is -1.05. The van der Waals surface area contributed by atoms with E-state index in [9.17, 15) is 24.0 Å². The second kappa shape index (κ2) is 38.0. The molecule has 6 N–H and O–H groups in total. The third-order valence-corrected chi connectivity index (χ3v) is 17.3. The summed E-state index contributed by atoms with van der Waals surface area (Å²) in [6, 6.07) is 66.4. The zero-order valence-corrected chi connectivity index (χ0v) is 57.0. The van der Waals surface area contributed by atoms with E-state index in [1.807, 2.05) is 4.90 Å². The summed E-state index contributed by atoms with van der Waals surface area (Å²) in [5.74, 6) is -1.21. The number of methoxy groups -OCH3 is 2. The second-order valence-electron chi connectivity index (χ2n) is 23.9. The summed E-state index contributed by atoms with van der Waals surface area (Å²) in [6.07, 6.45) is 3.27. The number of amides is 1. The first-order chi connectivity index (χ1) is 46.1. The van der Waals surface area contributed by atoms with Gasteiger partial charge in [0, 0.05) is 69.0 Å². The number of carboxylic acid groups (broad SMARTS) is 2. The first kappa shape index (κ1) is 75.3. The van der Waals surface area contributed by atoms with Gasteiger partial charge in [0.25, 0.3) is 5.91 Å². The Bertz CT molecular complexity index is 3970. The van der Waals surface area contributed by atoms with Gasteiger partial charge in [-0.25, -0.2) is 19.2 Å². The molecule has 0 radical (unpaired) electrons. The van der Waals surface area contributed by atoms with E-state index < -0.39 is 30.5 Å². The van der Waals surface area contributed by atoms with Crippen molar-refractivity contribution in [3.05, 3.63) is 234 Å². The lowest BCUT2D eigenvalue weighted by molar-refractivity contribution is -0.139. The minimum Gasteiger partial charge on any atom is -0.492 e. The normalized spacial score (nSPS) is 16.4. The Kier molecular flexibility index (Phi) is 29.5. The highest BCUT2D eigenvalue weighted by atomic mass is 35.5. The number of esters is 2. The molecule has 0 spiro atoms. The largest absolute Gasteiger partial charge is 0.492 e. The number of fused-ring (bicyclic) bond motifs is 3. The van der Waals surface area contributed by atoms with Crippen LogP contribution in [0.15, 0.2) is 200 Å². The maximum Gasteiger partial charge on any atom is 0.341 e. The van der Waals surface area contributed by atoms with Gasteiger partial charge >= 0.3 is 23.9 Å². The number of aliphatic carboxylic acids is 1. The minimum absolute atomic E-state index is 0. The van der Waals surface area contributed by atoms with Gasteiger partial charge < -0.3 is 60.1 Å². The number of nitrogens with one attached hydrogen (secondary N) is 4. The van der Waals surface area contributed by atoms with Gasteiger partial charge in [-0.1, -0.05) is 127 Å². The number of benzene rings is 9. The van der Waals surface area contributed by atoms with E-state index in [0.29, 0.717) is 72.2 Å². The molecule has 97 heavy (non-hydrogen) atoms. The van der Waals surface area contributed by atoms with Gasteiger partial charge in [0.15, 0.2) is 13.2 Å². The van der Waals surface area contributed by atoms with Gasteiger partial charge in [-0.2, -0.15) is 0 Å². The van der Waals surface area contributed by atoms with Crippen molar-refractivity contribution in [2.75, 3.05) is 79.9 Å². The number of halogens is 2. The van der Waals surface area contributed by atoms with Crippen molar-refractivity contribution in [3.63, 3.8) is 0 Å². The molecule has 0 aliphatic carbocycles. The number of rotatable bonds is 22. The van der Waals surface area contributed by atoms with E-state index in [0.717, 1.165) is 45.6 Å². The van der Waals surface area contributed by atoms with Crippen LogP contribution < -0.4 is 35.5 Å². The molecule has 0 unspecified atom stereocenters. The van der Waals surface area contributed by atoms with Crippen LogP contribution in [-0.2, 0) is 19.1 Å². The number of hydrogen-bond donors (Lipinski definition) is 6. The average Bonchev–Trinajstić information content (AvgIpc) is 2.08. The first-order valence-corrected chi connectivity index (χ1v) is 32.3. The Balaban J connectivity index is 0.000000189. The lowest BCUT2D eigenvalue weighted by atomic mass is 9.99. The van der Waals surface area contributed by atoms with Crippen molar-refractivity contribution in [3.8, 4) is 17.2 Å². The van der Waals surface area contributed by atoms with Crippen molar-refractivity contribution >= 4 is 86.9 Å². The van der Waals surface area contributed by atoms with Crippen LogP contribution in [0.1, 0.15) is 106 Å². The van der Waals surface area contributed by atoms with Gasteiger partial charge in [0.1, 0.15) is 23.9 Å². The maximum atomic E-state index is 12.6. The van der Waals surface area contributed by atoms with Crippen LogP contribution in [0.3, 0.4) is 0 Å². The van der Waals surface area contributed by atoms with Crippen molar-refractivity contribution in [1.82, 2.24) is 31.1 Å². The van der Waals surface area contributed by atoms with Crippen LogP contribution in [0.2, 0.25) is 0 Å². The predicted octanol–water partition coefficient (Wildman–Crippen LogP) is 12.9. The molecule has 0 aromatic heterocycles. The molecule has 20 heteroatoms. The molecule has 3 fully saturated rings. The molecule has 0 bridgehead atoms. The van der Waals surface area contributed by atoms with Crippen molar-refractivity contribution < 1.29 is 57.9 Å². The molecule has 9 aromatic rings. The molecular weight excluding hydrogens is 1270 g/mol. The van der Waals surface area contributed by atoms with E-state index in [-0.39, 0.29) is 55.0 Å². The van der Waals surface area contributed by atoms with Crippen LogP contribution >= 0.6 is 24.8 Å². The summed E-state index contributed by atoms with van der Waals surface area (Å²) >= 11 is 0. The lowest BCUT2D eigenvalue weighted by Crippen LogP contribution is -2.38. The lowest BCUT2D eigenvalue weighted by Gasteiger charge is -2.22. The summed E-state index contributed by atoms with van der Waals surface area (Å²) in [5.41, 5.74) is 5.13. The van der Waals surface area contributed by atoms with Crippen LogP contribution in [0.5, 0.6) is 17.2 Å². The van der Waals surface area contributed by atoms with E-state index in [1.54, 1.807) is 48.5 Å². The maximum absolute atomic E-state index is 12.6. The molecule has 512 valence electrons. The summed E-state index contributed by atoms with van der Waals surface area (Å²) in [4.78, 5) is 60.5. The zero-order valence-electron chi connectivity index (χ0n) is 55.4. The molecule has 9 aromatic carbocycles. The standard InChI is InChI=1S/C26H28N2O4.C25H28N2O3.C16H20N2.C10H10O5.2ClH/c1-18(23-9-5-7-19-6-3-4-8-24(19)23)27-21-14-15-28(16-21)25(29)17-32-22-12-10-20(11-13-22)26(30)31-2;1-18(23-8-4-6-19-5-2-3-7-24(19)23)26-21-13-14-27(17-21)15-16-30-22-11-9-20(10-12-22)25(28)29;1-12(18-14-9-10-17-11-14)15-8-4-6-13-5-2-3-7-16(13)15;1-14-10(13)7-2-4-8(5-3-7)15-6-9(11)12;;/h3-13,18,21,27H,14-17H2,1-2H3;2-12,18,21,26H,13-17H2,1H3,(H,28,29);2-8,12,14,17-18H,9-11H2,1H3;2-5H,6H2,1H3,(H,11,12);2*1H/t2*18-,21+;12-,14+;;;/m111.../s1. The summed E-state index contributed by atoms with van der Waals surface area (Å²) in [5, 5.41) is 39.7. The van der Waals surface area contributed by atoms with Crippen LogP contribution in [0.4, 0.5) is 0 Å². The van der Waals surface area contributed by atoms with Gasteiger partial charge in [-0.15, -0.1) is 24.8 Å². The smallest absolute Gasteiger partial charge is 0.341 e. The molecule has 1 amide bonds. The van der Waals surface area contributed by atoms with E-state index >= 15 is 0 Å². The van der Waals surface area contributed by atoms with Crippen molar-refractivity contribution in [1.29, 1.82) is 0 Å². The molecule has 18 nitrogen and oxygen atoms in total. The Morgan fingerprint density at radius 1 is 0.474 bits per heavy atom. The highest BCUT2D eigenvalue weighted by Crippen LogP contribution is 2.29. The fourth-order valence-corrected chi connectivity index (χ4v) is 12.3. The summed E-state index contributed by atoms with van der Waals surface area (Å²) in [7, 11) is 2.63. The highest BCUT2D eigenvalue weighted by Gasteiger charge is 2.29. The number of carbonyl (C=O) groups is 5. The van der Waals surface area contributed by atoms with Crippen LogP contribution in [-0.4, -0.2) is 148 Å². The number of hydrogen-bond acceptors (Lipinski definition) is 15. The molecule has 3 saturated heterocycles. The Hall–Kier alpha value is -9.11. The topological polar surface area (TPSA) is 227 Å². The molecule has 3 aliphatic heterocycles. The first-order valence-electron chi connectivity index (χ1n) is 32.3. The monoisotopic (exact) mass is 1360 g/mol. The average molecular weight is 1360 g/mol. The number of carbonyl (C=O) groups excluding carboxylic acids is 3. The van der Waals surface area contributed by atoms with E-state index in [1.165, 1.54) is 93.9 Å². The molecule has 0 saturated carbocycles. The predicted molar refractivity (Wildman–Crippen MR) is 385 cm³/mol. The van der Waals surface area contributed by atoms with Gasteiger partial charge in [-0.05, 0) is 175 Å². The van der Waals surface area contributed by atoms with E-state index in [2.05, 4.69) is 184 Å². The fourth-order valence-electron chi connectivity index (χ4n) is 12.3. The Morgan fingerprint density at radius 2 is 0.876 bits per heavy atom. The number of likely N-dealkylation sites (tertiary alicyclic amines) is 2. The highest BCUT2D eigenvalue weighted by molar-refractivity contribution is 5.91. The SMILES string of the molecule is COC(=O)c1ccc(OCC(=O)N2CC[C@H](N[C@H](C)c3cccc4ccccc34)C2)cc1.COC(=O)c1ccc(OCC(=O)O)cc1.C[C@@H](N[C@H]1CCN(CCOc2ccc(C(=O)O)cc2)C1)c1cccc2ccccc12.C[C@@H](N[C@H]1CCNC1)c1cccc2ccccc12.Cl.Cl. The molecule has 3 aliphatic rings. The van der Waals surface area contributed by atoms with Crippen LogP contribution in [0, 0.1) is 0 Å². The Morgan fingerprint density at radius 3 is 1.31 bits per heavy atom. The number of nitrogens with zero attached hydrogens (tertiary/aromatic N) is 2. The van der Waals surface area contributed by atoms with Gasteiger partial charge in [0.05, 0.1) is 30.9 Å². The van der Waals surface area contributed by atoms with Crippen molar-refractivity contribution in [2.45, 2.75) is 76.3 Å². The van der Waals surface area contributed by atoms with Crippen molar-refractivity contribution in [2.24, 2.45) is 0 Å². The number of aromatic carboxylic acids is 1. The molecular formula is C77H88Cl2N6O12. The second-order valence-corrected chi connectivity index (χ2v) is 23.9. The van der Waals surface area contributed by atoms with Gasteiger partial charge in [0.2, 0.25) is 0 Å². The van der Waals surface area contributed by atoms with E-state index in [4.69, 9.17) is 24.4 Å². The summed E-state index contributed by atoms with van der Waals surface area (Å²) in [6.45, 7) is 13.4. The third kappa shape index (κ3) is 22.0. The van der Waals surface area contributed by atoms with Gasteiger partial charge in [-0.3, -0.25) is 9.69 Å². The number of ether oxygens (including phenoxy) is 5. The number of carboxylic acids is 2.